The van der Waals surface area contributed by atoms with Crippen LogP contribution in [0.2, 0.25) is 0 Å². The van der Waals surface area contributed by atoms with Gasteiger partial charge in [-0.05, 0) is 37.1 Å². The van der Waals surface area contributed by atoms with Gasteiger partial charge in [0, 0.05) is 36.7 Å². The summed E-state index contributed by atoms with van der Waals surface area (Å²) >= 11 is 2.96. The van der Waals surface area contributed by atoms with E-state index in [1.165, 1.54) is 23.5 Å². The second-order valence-corrected chi connectivity index (χ2v) is 9.30. The third-order valence-corrected chi connectivity index (χ3v) is 6.97. The molecule has 2 unspecified atom stereocenters. The third-order valence-electron chi connectivity index (χ3n) is 4.58. The Hall–Kier alpha value is -2.12. The molecule has 0 spiro atoms. The van der Waals surface area contributed by atoms with Gasteiger partial charge in [0.2, 0.25) is 11.8 Å². The summed E-state index contributed by atoms with van der Waals surface area (Å²) in [7, 11) is 3.24. The number of benzene rings is 2. The number of phenols is 1. The number of hydrogen-bond acceptors (Lipinski definition) is 5. The molecule has 5 nitrogen and oxygen atoms in total. The van der Waals surface area contributed by atoms with Gasteiger partial charge in [-0.1, -0.05) is 30.3 Å². The molecule has 0 radical (unpaired) electrons. The molecule has 0 saturated carbocycles. The Morgan fingerprint density at radius 2 is 1.31 bits per heavy atom. The van der Waals surface area contributed by atoms with E-state index in [1.807, 2.05) is 56.3 Å². The molecule has 2 rings (SSSR count). The highest BCUT2D eigenvalue weighted by atomic mass is 32.2. The molecule has 29 heavy (non-hydrogen) atoms. The zero-order chi connectivity index (χ0) is 21.4. The molecule has 0 aliphatic rings. The zero-order valence-corrected chi connectivity index (χ0v) is 18.8. The minimum absolute atomic E-state index is 0.0381. The molecule has 0 bridgehead atoms. The smallest absolute Gasteiger partial charge is 0.232 e. The standard InChI is InChI=1S/C22H28N2O3S2/c1-14(21(26)23-3)28-12-18-10-17(16-8-6-5-7-9-16)11-19(20(18)25)13-29-15(2)22(27)24-4/h5-11,14-15,25H,12-13H2,1-4H3,(H,23,26)(H,24,27). The molecule has 3 N–H and O–H groups in total. The van der Waals surface area contributed by atoms with Crippen molar-refractivity contribution in [3.8, 4) is 16.9 Å². The normalized spacial score (nSPS) is 12.8. The number of rotatable bonds is 9. The average molecular weight is 433 g/mol. The maximum Gasteiger partial charge on any atom is 0.232 e. The second kappa shape index (κ2) is 11.2. The summed E-state index contributed by atoms with van der Waals surface area (Å²) < 4.78 is 0. The molecule has 0 heterocycles. The predicted molar refractivity (Wildman–Crippen MR) is 123 cm³/mol. The van der Waals surface area contributed by atoms with Crippen LogP contribution in [-0.2, 0) is 21.1 Å². The number of phenolic OH excluding ortho intramolecular Hbond substituents is 1. The fraction of sp³-hybridized carbons (Fsp3) is 0.364. The zero-order valence-electron chi connectivity index (χ0n) is 17.2. The molecule has 0 aliphatic carbocycles. The van der Waals surface area contributed by atoms with E-state index in [0.717, 1.165) is 22.3 Å². The molecule has 0 fully saturated rings. The highest BCUT2D eigenvalue weighted by molar-refractivity contribution is 8.00. The summed E-state index contributed by atoms with van der Waals surface area (Å²) in [6.07, 6.45) is 0. The molecule has 0 aromatic heterocycles. The van der Waals surface area contributed by atoms with Gasteiger partial charge >= 0.3 is 0 Å². The van der Waals surface area contributed by atoms with Crippen molar-refractivity contribution < 1.29 is 14.7 Å². The quantitative estimate of drug-likeness (QED) is 0.562. The summed E-state index contributed by atoms with van der Waals surface area (Å²) in [5, 5.41) is 15.7. The van der Waals surface area contributed by atoms with E-state index in [2.05, 4.69) is 10.6 Å². The van der Waals surface area contributed by atoms with Crippen LogP contribution in [0.3, 0.4) is 0 Å². The van der Waals surface area contributed by atoms with Crippen molar-refractivity contribution in [1.29, 1.82) is 0 Å². The van der Waals surface area contributed by atoms with Crippen LogP contribution < -0.4 is 10.6 Å². The monoisotopic (exact) mass is 432 g/mol. The van der Waals surface area contributed by atoms with Crippen LogP contribution >= 0.6 is 23.5 Å². The summed E-state index contributed by atoms with van der Waals surface area (Å²) in [6.45, 7) is 3.70. The molecule has 7 heteroatoms. The predicted octanol–water partition coefficient (Wildman–Crippen LogP) is 3.79. The van der Waals surface area contributed by atoms with Crippen LogP contribution in [0, 0.1) is 0 Å². The van der Waals surface area contributed by atoms with Gasteiger partial charge < -0.3 is 15.7 Å². The number of aromatic hydroxyl groups is 1. The van der Waals surface area contributed by atoms with Crippen molar-refractivity contribution in [3.05, 3.63) is 53.6 Å². The Labute approximate surface area is 181 Å². The molecule has 2 aromatic carbocycles. The second-order valence-electron chi connectivity index (χ2n) is 6.64. The minimum atomic E-state index is -0.217. The Morgan fingerprint density at radius 1 is 0.862 bits per heavy atom. The van der Waals surface area contributed by atoms with Gasteiger partial charge in [-0.25, -0.2) is 0 Å². The number of thioether (sulfide) groups is 2. The van der Waals surface area contributed by atoms with Gasteiger partial charge in [-0.2, -0.15) is 0 Å². The lowest BCUT2D eigenvalue weighted by atomic mass is 10.00. The lowest BCUT2D eigenvalue weighted by Gasteiger charge is -2.16. The Morgan fingerprint density at radius 3 is 1.72 bits per heavy atom. The van der Waals surface area contributed by atoms with Gasteiger partial charge in [0.25, 0.3) is 0 Å². The van der Waals surface area contributed by atoms with Crippen molar-refractivity contribution in [2.45, 2.75) is 35.9 Å². The third kappa shape index (κ3) is 6.44. The highest BCUT2D eigenvalue weighted by Gasteiger charge is 2.18. The van der Waals surface area contributed by atoms with Crippen molar-refractivity contribution in [3.63, 3.8) is 0 Å². The largest absolute Gasteiger partial charge is 0.507 e. The number of hydrogen-bond donors (Lipinski definition) is 3. The summed E-state index contributed by atoms with van der Waals surface area (Å²) in [6, 6.07) is 13.9. The van der Waals surface area contributed by atoms with Gasteiger partial charge in [-0.15, -0.1) is 23.5 Å². The molecule has 2 atom stereocenters. The summed E-state index contributed by atoms with van der Waals surface area (Å²) in [5.74, 6) is 1.19. The van der Waals surface area contributed by atoms with Crippen LogP contribution in [0.4, 0.5) is 0 Å². The lowest BCUT2D eigenvalue weighted by Crippen LogP contribution is -2.27. The van der Waals surface area contributed by atoms with E-state index in [4.69, 9.17) is 0 Å². The van der Waals surface area contributed by atoms with Gasteiger partial charge in [-0.3, -0.25) is 9.59 Å². The first kappa shape index (κ1) is 23.2. The van der Waals surface area contributed by atoms with Crippen LogP contribution in [0.15, 0.2) is 42.5 Å². The van der Waals surface area contributed by atoms with Crippen LogP contribution in [0.25, 0.3) is 11.1 Å². The van der Waals surface area contributed by atoms with Crippen molar-refractivity contribution in [1.82, 2.24) is 10.6 Å². The molecule has 0 aliphatic heterocycles. The summed E-state index contributed by atoms with van der Waals surface area (Å²) in [5.41, 5.74) is 3.64. The first-order valence-corrected chi connectivity index (χ1v) is 11.5. The van der Waals surface area contributed by atoms with Gasteiger partial charge in [0.15, 0.2) is 0 Å². The fourth-order valence-electron chi connectivity index (χ4n) is 2.76. The SMILES string of the molecule is CNC(=O)C(C)SCc1cc(-c2ccccc2)cc(CSC(C)C(=O)NC)c1O. The molecule has 2 amide bonds. The van der Waals surface area contributed by atoms with E-state index >= 15 is 0 Å². The van der Waals surface area contributed by atoms with E-state index < -0.39 is 0 Å². The lowest BCUT2D eigenvalue weighted by molar-refractivity contribution is -0.120. The van der Waals surface area contributed by atoms with E-state index in [0.29, 0.717) is 11.5 Å². The van der Waals surface area contributed by atoms with Crippen molar-refractivity contribution >= 4 is 35.3 Å². The van der Waals surface area contributed by atoms with Crippen molar-refractivity contribution in [2.24, 2.45) is 0 Å². The van der Waals surface area contributed by atoms with Crippen LogP contribution in [0.5, 0.6) is 5.75 Å². The maximum absolute atomic E-state index is 11.8. The van der Waals surface area contributed by atoms with E-state index in [1.54, 1.807) is 14.1 Å². The molecular formula is C22H28N2O3S2. The first-order valence-electron chi connectivity index (χ1n) is 9.44. The Kier molecular flexibility index (Phi) is 8.92. The van der Waals surface area contributed by atoms with Gasteiger partial charge in [0.05, 0.1) is 10.5 Å². The van der Waals surface area contributed by atoms with E-state index in [-0.39, 0.29) is 28.1 Å². The number of amides is 2. The van der Waals surface area contributed by atoms with Crippen LogP contribution in [-0.4, -0.2) is 41.5 Å². The molecular weight excluding hydrogens is 404 g/mol. The Bertz CT molecular complexity index is 796. The summed E-state index contributed by atoms with van der Waals surface area (Å²) in [4.78, 5) is 23.6. The Balaban J connectivity index is 2.31. The maximum atomic E-state index is 11.8. The van der Waals surface area contributed by atoms with Crippen molar-refractivity contribution in [2.75, 3.05) is 14.1 Å². The molecule has 156 valence electrons. The fourth-order valence-corrected chi connectivity index (χ4v) is 4.60. The average Bonchev–Trinajstić information content (AvgIpc) is 2.76. The number of carbonyl (C=O) groups excluding carboxylic acids is 2. The molecule has 0 saturated heterocycles. The van der Waals surface area contributed by atoms with Crippen LogP contribution in [0.1, 0.15) is 25.0 Å². The topological polar surface area (TPSA) is 78.4 Å². The van der Waals surface area contributed by atoms with Gasteiger partial charge in [0.1, 0.15) is 5.75 Å². The number of nitrogens with one attached hydrogen (secondary N) is 2. The first-order chi connectivity index (χ1) is 13.9. The highest BCUT2D eigenvalue weighted by Crippen LogP contribution is 2.35. The minimum Gasteiger partial charge on any atom is -0.507 e. The molecule has 2 aromatic rings. The van der Waals surface area contributed by atoms with E-state index in [9.17, 15) is 14.7 Å². The number of carbonyl (C=O) groups is 2.